The standard InChI is InChI=1S/C35H22N4O8/c40-31(36-21-9-13-25(14-10-21)47-26-15-17-28(34(43)44)30(19-26)35(45)46)20-6-16-27-29(18-20)33(42)39(32(27)41)24-11-7-23(8-12-24)38-37-22-4-2-1-3-5-22/h1-19H,(H,36,40)(H,43,44)(H,45,46). The SMILES string of the molecule is O=C(Nc1ccc(Oc2ccc(C(=O)O)c(C(=O)O)c2)cc1)c1ccc2c(c1)C(=O)N(c1ccc(N=Nc3ccccc3)cc1)C2=O. The Morgan fingerprint density at radius 1 is 0.617 bits per heavy atom. The first-order valence-corrected chi connectivity index (χ1v) is 14.0. The van der Waals surface area contributed by atoms with Gasteiger partial charge in [0.2, 0.25) is 0 Å². The van der Waals surface area contributed by atoms with Gasteiger partial charge >= 0.3 is 11.9 Å². The van der Waals surface area contributed by atoms with Gasteiger partial charge in [0.1, 0.15) is 11.5 Å². The summed E-state index contributed by atoms with van der Waals surface area (Å²) in [6.45, 7) is 0. The van der Waals surface area contributed by atoms with Gasteiger partial charge in [0, 0.05) is 11.3 Å². The molecule has 1 heterocycles. The topological polar surface area (TPSA) is 175 Å². The summed E-state index contributed by atoms with van der Waals surface area (Å²) < 4.78 is 5.65. The molecule has 0 atom stereocenters. The van der Waals surface area contributed by atoms with Crippen LogP contribution in [-0.4, -0.2) is 39.9 Å². The highest BCUT2D eigenvalue weighted by atomic mass is 16.5. The zero-order chi connectivity index (χ0) is 33.1. The molecule has 47 heavy (non-hydrogen) atoms. The number of ether oxygens (including phenoxy) is 1. The fourth-order valence-electron chi connectivity index (χ4n) is 4.79. The van der Waals surface area contributed by atoms with E-state index in [0.29, 0.717) is 28.5 Å². The molecule has 3 N–H and O–H groups in total. The Bertz CT molecular complexity index is 2090. The molecule has 0 radical (unpaired) electrons. The van der Waals surface area contributed by atoms with Crippen LogP contribution in [0.15, 0.2) is 125 Å². The predicted molar refractivity (Wildman–Crippen MR) is 169 cm³/mol. The molecular formula is C35H22N4O8. The number of hydrogen-bond acceptors (Lipinski definition) is 8. The summed E-state index contributed by atoms with van der Waals surface area (Å²) in [6, 6.07) is 29.6. The first kappa shape index (κ1) is 30.1. The Morgan fingerprint density at radius 2 is 1.23 bits per heavy atom. The number of rotatable bonds is 9. The van der Waals surface area contributed by atoms with Crippen LogP contribution in [0.3, 0.4) is 0 Å². The molecule has 6 rings (SSSR count). The van der Waals surface area contributed by atoms with E-state index in [1.807, 2.05) is 30.3 Å². The van der Waals surface area contributed by atoms with Gasteiger partial charge in [0.15, 0.2) is 0 Å². The first-order chi connectivity index (χ1) is 22.7. The number of imide groups is 1. The van der Waals surface area contributed by atoms with E-state index in [9.17, 15) is 34.2 Å². The maximum Gasteiger partial charge on any atom is 0.336 e. The maximum atomic E-state index is 13.3. The maximum absolute atomic E-state index is 13.3. The van der Waals surface area contributed by atoms with Crippen molar-refractivity contribution in [2.24, 2.45) is 10.2 Å². The van der Waals surface area contributed by atoms with Crippen LogP contribution in [0.25, 0.3) is 0 Å². The molecule has 3 amide bonds. The summed E-state index contributed by atoms with van der Waals surface area (Å²) in [7, 11) is 0. The van der Waals surface area contributed by atoms with Crippen LogP contribution in [0.1, 0.15) is 51.8 Å². The van der Waals surface area contributed by atoms with Gasteiger partial charge in [-0.25, -0.2) is 14.5 Å². The lowest BCUT2D eigenvalue weighted by molar-refractivity contribution is 0.0651. The van der Waals surface area contributed by atoms with Crippen molar-refractivity contribution < 1.29 is 38.9 Å². The zero-order valence-electron chi connectivity index (χ0n) is 24.2. The number of carbonyl (C=O) groups excluding carboxylic acids is 3. The predicted octanol–water partition coefficient (Wildman–Crippen LogP) is 7.34. The van der Waals surface area contributed by atoms with Gasteiger partial charge in [-0.15, -0.1) is 0 Å². The number of carboxylic acids is 2. The van der Waals surface area contributed by atoms with Crippen molar-refractivity contribution in [2.45, 2.75) is 0 Å². The fourth-order valence-corrected chi connectivity index (χ4v) is 4.79. The highest BCUT2D eigenvalue weighted by Crippen LogP contribution is 2.31. The van der Waals surface area contributed by atoms with E-state index >= 15 is 0 Å². The third-order valence-corrected chi connectivity index (χ3v) is 7.09. The second kappa shape index (κ2) is 12.6. The molecule has 0 fully saturated rings. The molecule has 0 spiro atoms. The van der Waals surface area contributed by atoms with E-state index in [2.05, 4.69) is 15.5 Å². The average molecular weight is 627 g/mol. The lowest BCUT2D eigenvalue weighted by atomic mass is 10.1. The number of amides is 3. The zero-order valence-corrected chi connectivity index (χ0v) is 24.2. The molecule has 5 aromatic rings. The Kier molecular flexibility index (Phi) is 8.05. The fraction of sp³-hybridized carbons (Fsp3) is 0. The Balaban J connectivity index is 1.12. The number of carboxylic acid groups (broad SMARTS) is 2. The van der Waals surface area contributed by atoms with E-state index in [1.165, 1.54) is 36.4 Å². The Labute approximate surface area is 266 Å². The molecule has 0 saturated heterocycles. The third kappa shape index (κ3) is 6.33. The van der Waals surface area contributed by atoms with Crippen LogP contribution in [0.5, 0.6) is 11.5 Å². The summed E-state index contributed by atoms with van der Waals surface area (Å²) >= 11 is 0. The minimum Gasteiger partial charge on any atom is -0.478 e. The lowest BCUT2D eigenvalue weighted by Crippen LogP contribution is -2.29. The van der Waals surface area contributed by atoms with Crippen LogP contribution in [0.2, 0.25) is 0 Å². The number of azo groups is 1. The second-order valence-corrected chi connectivity index (χ2v) is 10.2. The summed E-state index contributed by atoms with van der Waals surface area (Å²) in [5, 5.41) is 29.6. The van der Waals surface area contributed by atoms with Crippen molar-refractivity contribution in [3.63, 3.8) is 0 Å². The molecule has 5 aromatic carbocycles. The van der Waals surface area contributed by atoms with Crippen molar-refractivity contribution in [1.82, 2.24) is 0 Å². The number of aromatic carboxylic acids is 2. The van der Waals surface area contributed by atoms with Crippen LogP contribution in [0.4, 0.5) is 22.7 Å². The molecule has 12 nitrogen and oxygen atoms in total. The highest BCUT2D eigenvalue weighted by molar-refractivity contribution is 6.34. The van der Waals surface area contributed by atoms with Gasteiger partial charge in [-0.2, -0.15) is 10.2 Å². The average Bonchev–Trinajstić information content (AvgIpc) is 3.33. The van der Waals surface area contributed by atoms with Crippen molar-refractivity contribution in [2.75, 3.05) is 10.2 Å². The summed E-state index contributed by atoms with van der Waals surface area (Å²) in [6.07, 6.45) is 0. The van der Waals surface area contributed by atoms with Gasteiger partial charge in [0.05, 0.1) is 39.3 Å². The van der Waals surface area contributed by atoms with Gasteiger partial charge in [-0.05, 0) is 97.1 Å². The molecule has 1 aliphatic heterocycles. The van der Waals surface area contributed by atoms with Crippen LogP contribution >= 0.6 is 0 Å². The van der Waals surface area contributed by atoms with Crippen molar-refractivity contribution >= 4 is 52.4 Å². The molecule has 0 unspecified atom stereocenters. The molecular weight excluding hydrogens is 604 g/mol. The van der Waals surface area contributed by atoms with E-state index in [-0.39, 0.29) is 28.0 Å². The van der Waals surface area contributed by atoms with Gasteiger partial charge in [-0.3, -0.25) is 14.4 Å². The number of anilines is 2. The largest absolute Gasteiger partial charge is 0.478 e. The Hall–Kier alpha value is -6.95. The summed E-state index contributed by atoms with van der Waals surface area (Å²) in [5.74, 6) is -3.98. The molecule has 230 valence electrons. The number of fused-ring (bicyclic) bond motifs is 1. The summed E-state index contributed by atoms with van der Waals surface area (Å²) in [5.41, 5.74) is 1.59. The third-order valence-electron chi connectivity index (χ3n) is 7.09. The van der Waals surface area contributed by atoms with Crippen LogP contribution in [-0.2, 0) is 0 Å². The molecule has 12 heteroatoms. The van der Waals surface area contributed by atoms with Crippen LogP contribution in [0, 0.1) is 0 Å². The van der Waals surface area contributed by atoms with E-state index in [4.69, 9.17) is 4.74 Å². The molecule has 1 aliphatic rings. The quantitative estimate of drug-likeness (QED) is 0.112. The van der Waals surface area contributed by atoms with Crippen LogP contribution < -0.4 is 15.0 Å². The van der Waals surface area contributed by atoms with E-state index < -0.39 is 35.2 Å². The molecule has 0 saturated carbocycles. The normalized spacial score (nSPS) is 12.2. The van der Waals surface area contributed by atoms with E-state index in [1.54, 1.807) is 36.4 Å². The smallest absolute Gasteiger partial charge is 0.336 e. The number of benzene rings is 5. The number of carbonyl (C=O) groups is 5. The lowest BCUT2D eigenvalue weighted by Gasteiger charge is -2.13. The monoisotopic (exact) mass is 626 g/mol. The molecule has 0 aliphatic carbocycles. The summed E-state index contributed by atoms with van der Waals surface area (Å²) in [4.78, 5) is 63.2. The number of hydrogen-bond donors (Lipinski definition) is 3. The minimum atomic E-state index is -1.41. The van der Waals surface area contributed by atoms with Crippen molar-refractivity contribution in [3.05, 3.63) is 143 Å². The van der Waals surface area contributed by atoms with Gasteiger partial charge in [0.25, 0.3) is 17.7 Å². The Morgan fingerprint density at radius 3 is 1.89 bits per heavy atom. The van der Waals surface area contributed by atoms with Crippen molar-refractivity contribution in [3.8, 4) is 11.5 Å². The number of nitrogens with zero attached hydrogens (tertiary/aromatic N) is 3. The van der Waals surface area contributed by atoms with Crippen molar-refractivity contribution in [1.29, 1.82) is 0 Å². The molecule has 0 aromatic heterocycles. The first-order valence-electron chi connectivity index (χ1n) is 14.0. The molecule has 0 bridgehead atoms. The highest BCUT2D eigenvalue weighted by Gasteiger charge is 2.37. The minimum absolute atomic E-state index is 0.0916. The van der Waals surface area contributed by atoms with Gasteiger partial charge < -0.3 is 20.3 Å². The van der Waals surface area contributed by atoms with E-state index in [0.717, 1.165) is 17.0 Å². The van der Waals surface area contributed by atoms with Gasteiger partial charge in [-0.1, -0.05) is 18.2 Å². The number of nitrogens with one attached hydrogen (secondary N) is 1. The second-order valence-electron chi connectivity index (χ2n) is 10.2.